The van der Waals surface area contributed by atoms with Crippen LogP contribution in [0.2, 0.25) is 10.0 Å². The fraction of sp³-hybridized carbons (Fsp3) is 0.143. The average molecular weight is 279 g/mol. The average Bonchev–Trinajstić information content (AvgIpc) is 2.78. The summed E-state index contributed by atoms with van der Waals surface area (Å²) in [7, 11) is 0. The van der Waals surface area contributed by atoms with Crippen LogP contribution in [0.5, 0.6) is 0 Å². The zero-order chi connectivity index (χ0) is 12.7. The first kappa shape index (κ1) is 11.7. The smallest absolute Gasteiger partial charge is 0.0825 e. The third kappa shape index (κ3) is 1.82. The van der Waals surface area contributed by atoms with E-state index >= 15 is 0 Å². The second kappa shape index (κ2) is 4.38. The van der Waals surface area contributed by atoms with Gasteiger partial charge in [-0.2, -0.15) is 0 Å². The van der Waals surface area contributed by atoms with Gasteiger partial charge >= 0.3 is 0 Å². The van der Waals surface area contributed by atoms with Crippen molar-refractivity contribution in [3.63, 3.8) is 0 Å². The van der Waals surface area contributed by atoms with E-state index in [0.717, 1.165) is 24.5 Å². The molecular formula is C14H12Cl2N2. The summed E-state index contributed by atoms with van der Waals surface area (Å²) in [5, 5.41) is 1.18. The summed E-state index contributed by atoms with van der Waals surface area (Å²) >= 11 is 12.3. The maximum absolute atomic E-state index is 6.25. The van der Waals surface area contributed by atoms with Gasteiger partial charge in [-0.25, -0.2) is 0 Å². The van der Waals surface area contributed by atoms with Crippen molar-refractivity contribution in [1.29, 1.82) is 0 Å². The molecule has 4 heteroatoms. The van der Waals surface area contributed by atoms with E-state index in [-0.39, 0.29) is 0 Å². The maximum Gasteiger partial charge on any atom is 0.0825 e. The number of fused-ring (bicyclic) bond motifs is 1. The molecule has 0 bridgehead atoms. The second-order valence-corrected chi connectivity index (χ2v) is 5.20. The molecule has 2 aromatic carbocycles. The predicted molar refractivity (Wildman–Crippen MR) is 77.2 cm³/mol. The molecular weight excluding hydrogens is 267 g/mol. The van der Waals surface area contributed by atoms with Gasteiger partial charge in [0, 0.05) is 18.8 Å². The number of nitrogens with zero attached hydrogens (tertiary/aromatic N) is 1. The van der Waals surface area contributed by atoms with Crippen molar-refractivity contribution >= 4 is 34.6 Å². The van der Waals surface area contributed by atoms with Gasteiger partial charge in [-0.05, 0) is 29.3 Å². The van der Waals surface area contributed by atoms with Crippen molar-refractivity contribution in [2.24, 2.45) is 0 Å². The van der Waals surface area contributed by atoms with Crippen LogP contribution in [0.1, 0.15) is 11.1 Å². The Bertz CT molecular complexity index is 611. The number of hydrogen-bond donors (Lipinski definition) is 1. The molecule has 2 N–H and O–H groups in total. The molecule has 1 heterocycles. The fourth-order valence-corrected chi connectivity index (χ4v) is 2.77. The van der Waals surface area contributed by atoms with E-state index in [1.165, 1.54) is 11.1 Å². The molecule has 0 saturated carbocycles. The molecule has 18 heavy (non-hydrogen) atoms. The van der Waals surface area contributed by atoms with Gasteiger partial charge in [-0.1, -0.05) is 41.4 Å². The number of rotatable bonds is 1. The second-order valence-electron chi connectivity index (χ2n) is 4.41. The summed E-state index contributed by atoms with van der Waals surface area (Å²) in [6, 6.07) is 11.7. The molecule has 0 aromatic heterocycles. The number of benzene rings is 2. The Morgan fingerprint density at radius 1 is 1.00 bits per heavy atom. The molecule has 0 spiro atoms. The number of nitrogens with two attached hydrogens (primary N) is 1. The van der Waals surface area contributed by atoms with Crippen molar-refractivity contribution in [2.45, 2.75) is 13.1 Å². The maximum atomic E-state index is 6.25. The quantitative estimate of drug-likeness (QED) is 0.796. The van der Waals surface area contributed by atoms with Gasteiger partial charge in [-0.15, -0.1) is 0 Å². The standard InChI is InChI=1S/C14H12Cl2N2/c15-11-4-2-6-13(14(11)16)18-7-9-3-1-5-12(17)10(9)8-18/h1-6H,7-8,17H2. The van der Waals surface area contributed by atoms with Crippen molar-refractivity contribution < 1.29 is 0 Å². The third-order valence-electron chi connectivity index (χ3n) is 3.29. The molecule has 0 fully saturated rings. The van der Waals surface area contributed by atoms with Crippen molar-refractivity contribution in [3.05, 3.63) is 57.6 Å². The number of anilines is 2. The van der Waals surface area contributed by atoms with Gasteiger partial charge in [0.25, 0.3) is 0 Å². The summed E-state index contributed by atoms with van der Waals surface area (Å²) < 4.78 is 0. The van der Waals surface area contributed by atoms with Gasteiger partial charge in [0.2, 0.25) is 0 Å². The molecule has 1 aliphatic heterocycles. The molecule has 0 amide bonds. The minimum Gasteiger partial charge on any atom is -0.398 e. The van der Waals surface area contributed by atoms with Crippen molar-refractivity contribution in [2.75, 3.05) is 10.6 Å². The number of nitrogen functional groups attached to an aromatic ring is 1. The molecule has 2 aromatic rings. The van der Waals surface area contributed by atoms with E-state index in [1.54, 1.807) is 6.07 Å². The van der Waals surface area contributed by atoms with Crippen LogP contribution < -0.4 is 10.6 Å². The van der Waals surface area contributed by atoms with Gasteiger partial charge in [0.05, 0.1) is 15.7 Å². The van der Waals surface area contributed by atoms with Crippen LogP contribution in [0.15, 0.2) is 36.4 Å². The SMILES string of the molecule is Nc1cccc2c1CN(c1cccc(Cl)c1Cl)C2. The van der Waals surface area contributed by atoms with Crippen LogP contribution >= 0.6 is 23.2 Å². The zero-order valence-electron chi connectivity index (χ0n) is 9.66. The molecule has 0 radical (unpaired) electrons. The molecule has 0 atom stereocenters. The zero-order valence-corrected chi connectivity index (χ0v) is 11.2. The number of hydrogen-bond acceptors (Lipinski definition) is 2. The minimum absolute atomic E-state index is 0.582. The van der Waals surface area contributed by atoms with Crippen LogP contribution in [0.4, 0.5) is 11.4 Å². The molecule has 0 aliphatic carbocycles. The highest BCUT2D eigenvalue weighted by Gasteiger charge is 2.22. The minimum atomic E-state index is 0.582. The van der Waals surface area contributed by atoms with Gasteiger partial charge < -0.3 is 10.6 Å². The Labute approximate surface area is 116 Å². The van der Waals surface area contributed by atoms with Crippen LogP contribution in [0.3, 0.4) is 0 Å². The summed E-state index contributed by atoms with van der Waals surface area (Å²) in [5.41, 5.74) is 10.2. The van der Waals surface area contributed by atoms with E-state index in [0.29, 0.717) is 10.0 Å². The van der Waals surface area contributed by atoms with Crippen LogP contribution in [0, 0.1) is 0 Å². The van der Waals surface area contributed by atoms with E-state index in [2.05, 4.69) is 11.0 Å². The molecule has 3 rings (SSSR count). The van der Waals surface area contributed by atoms with Crippen LogP contribution in [0.25, 0.3) is 0 Å². The van der Waals surface area contributed by atoms with Gasteiger partial charge in [-0.3, -0.25) is 0 Å². The topological polar surface area (TPSA) is 29.3 Å². The molecule has 0 saturated heterocycles. The predicted octanol–water partition coefficient (Wildman–Crippen LogP) is 4.10. The van der Waals surface area contributed by atoms with E-state index in [1.807, 2.05) is 24.3 Å². The Morgan fingerprint density at radius 2 is 1.78 bits per heavy atom. The lowest BCUT2D eigenvalue weighted by molar-refractivity contribution is 0.881. The molecule has 0 unspecified atom stereocenters. The third-order valence-corrected chi connectivity index (χ3v) is 4.10. The van der Waals surface area contributed by atoms with Crippen molar-refractivity contribution in [1.82, 2.24) is 0 Å². The van der Waals surface area contributed by atoms with E-state index < -0.39 is 0 Å². The molecule has 92 valence electrons. The first-order valence-corrected chi connectivity index (χ1v) is 6.47. The monoisotopic (exact) mass is 278 g/mol. The van der Waals surface area contributed by atoms with Gasteiger partial charge in [0.1, 0.15) is 0 Å². The Balaban J connectivity index is 1.99. The molecule has 2 nitrogen and oxygen atoms in total. The highest BCUT2D eigenvalue weighted by Crippen LogP contribution is 2.38. The lowest BCUT2D eigenvalue weighted by Gasteiger charge is -2.19. The summed E-state index contributed by atoms with van der Waals surface area (Å²) in [6.07, 6.45) is 0. The Morgan fingerprint density at radius 3 is 2.56 bits per heavy atom. The molecule has 1 aliphatic rings. The van der Waals surface area contributed by atoms with E-state index in [4.69, 9.17) is 28.9 Å². The highest BCUT2D eigenvalue weighted by molar-refractivity contribution is 6.43. The number of halogens is 2. The van der Waals surface area contributed by atoms with Gasteiger partial charge in [0.15, 0.2) is 0 Å². The van der Waals surface area contributed by atoms with Crippen molar-refractivity contribution in [3.8, 4) is 0 Å². The summed E-state index contributed by atoms with van der Waals surface area (Å²) in [4.78, 5) is 2.19. The lowest BCUT2D eigenvalue weighted by Crippen LogP contribution is -2.15. The van der Waals surface area contributed by atoms with Crippen LogP contribution in [-0.2, 0) is 13.1 Å². The lowest BCUT2D eigenvalue weighted by atomic mass is 10.1. The highest BCUT2D eigenvalue weighted by atomic mass is 35.5. The first-order chi connectivity index (χ1) is 8.66. The summed E-state index contributed by atoms with van der Waals surface area (Å²) in [6.45, 7) is 1.60. The Kier molecular flexibility index (Phi) is 2.84. The normalized spacial score (nSPS) is 13.8. The van der Waals surface area contributed by atoms with E-state index in [9.17, 15) is 0 Å². The fourth-order valence-electron chi connectivity index (χ4n) is 2.35. The largest absolute Gasteiger partial charge is 0.398 e. The first-order valence-electron chi connectivity index (χ1n) is 5.72. The Hall–Kier alpha value is -1.38. The summed E-state index contributed by atoms with van der Waals surface area (Å²) in [5.74, 6) is 0. The van der Waals surface area contributed by atoms with Crippen LogP contribution in [-0.4, -0.2) is 0 Å².